The number of nitrogens with one attached hydrogen (secondary N) is 1. The van der Waals surface area contributed by atoms with E-state index in [9.17, 15) is 5.11 Å². The Hall–Kier alpha value is -1.02. The number of hydrogen-bond acceptors (Lipinski definition) is 2. The topological polar surface area (TPSA) is 32.3 Å². The van der Waals surface area contributed by atoms with E-state index in [0.29, 0.717) is 17.8 Å². The van der Waals surface area contributed by atoms with E-state index in [-0.39, 0.29) is 0 Å². The summed E-state index contributed by atoms with van der Waals surface area (Å²) in [7, 11) is 0. The highest BCUT2D eigenvalue weighted by Gasteiger charge is 2.27. The van der Waals surface area contributed by atoms with Crippen molar-refractivity contribution in [2.45, 2.75) is 76.8 Å². The standard InChI is InChI=1S/C19H29NO/c1-2-18(15-7-4-3-5-8-15)20-19-10-6-9-14-11-12-16(21)13-17(14)19/h11-13,15,18-21H,2-10H2,1H3. The number of rotatable bonds is 4. The van der Waals surface area contributed by atoms with E-state index in [1.807, 2.05) is 12.1 Å². The molecule has 1 saturated carbocycles. The summed E-state index contributed by atoms with van der Waals surface area (Å²) in [4.78, 5) is 0. The summed E-state index contributed by atoms with van der Waals surface area (Å²) in [5.74, 6) is 1.26. The molecular weight excluding hydrogens is 258 g/mol. The first-order valence-electron chi connectivity index (χ1n) is 8.85. The highest BCUT2D eigenvalue weighted by atomic mass is 16.3. The second-order valence-corrected chi connectivity index (χ2v) is 6.91. The molecule has 2 atom stereocenters. The van der Waals surface area contributed by atoms with Crippen LogP contribution in [0.5, 0.6) is 5.75 Å². The third-order valence-electron chi connectivity index (χ3n) is 5.52. The maximum atomic E-state index is 9.82. The van der Waals surface area contributed by atoms with E-state index < -0.39 is 0 Å². The van der Waals surface area contributed by atoms with E-state index in [0.717, 1.165) is 12.3 Å². The van der Waals surface area contributed by atoms with Gasteiger partial charge in [-0.3, -0.25) is 0 Å². The quantitative estimate of drug-likeness (QED) is 0.840. The second-order valence-electron chi connectivity index (χ2n) is 6.91. The molecule has 2 unspecified atom stereocenters. The number of benzene rings is 1. The smallest absolute Gasteiger partial charge is 0.115 e. The third-order valence-corrected chi connectivity index (χ3v) is 5.52. The van der Waals surface area contributed by atoms with Crippen LogP contribution in [-0.4, -0.2) is 11.1 Å². The Kier molecular flexibility index (Phi) is 4.84. The molecule has 0 heterocycles. The van der Waals surface area contributed by atoms with Crippen molar-refractivity contribution in [2.24, 2.45) is 5.92 Å². The zero-order valence-corrected chi connectivity index (χ0v) is 13.3. The lowest BCUT2D eigenvalue weighted by atomic mass is 9.81. The summed E-state index contributed by atoms with van der Waals surface area (Å²) in [6, 6.07) is 7.01. The van der Waals surface area contributed by atoms with Crippen LogP contribution in [0.25, 0.3) is 0 Å². The molecule has 2 heteroatoms. The van der Waals surface area contributed by atoms with Crippen molar-refractivity contribution in [1.82, 2.24) is 5.32 Å². The van der Waals surface area contributed by atoms with Gasteiger partial charge in [0.1, 0.15) is 5.75 Å². The van der Waals surface area contributed by atoms with Gasteiger partial charge < -0.3 is 10.4 Å². The molecule has 2 N–H and O–H groups in total. The molecule has 0 radical (unpaired) electrons. The summed E-state index contributed by atoms with van der Waals surface area (Å²) in [6.07, 6.45) is 11.9. The van der Waals surface area contributed by atoms with Gasteiger partial charge in [-0.25, -0.2) is 0 Å². The minimum absolute atomic E-state index is 0.410. The van der Waals surface area contributed by atoms with Gasteiger partial charge in [-0.15, -0.1) is 0 Å². The molecule has 0 aromatic heterocycles. The lowest BCUT2D eigenvalue weighted by Gasteiger charge is -2.36. The SMILES string of the molecule is CCC(NC1CCCc2ccc(O)cc21)C1CCCCC1. The van der Waals surface area contributed by atoms with Crippen LogP contribution in [0.3, 0.4) is 0 Å². The average molecular weight is 287 g/mol. The minimum Gasteiger partial charge on any atom is -0.508 e. The third kappa shape index (κ3) is 3.42. The second kappa shape index (κ2) is 6.83. The van der Waals surface area contributed by atoms with Crippen molar-refractivity contribution < 1.29 is 5.11 Å². The van der Waals surface area contributed by atoms with Crippen molar-refractivity contribution in [3.05, 3.63) is 29.3 Å². The van der Waals surface area contributed by atoms with Gasteiger partial charge >= 0.3 is 0 Å². The van der Waals surface area contributed by atoms with Crippen molar-refractivity contribution in [1.29, 1.82) is 0 Å². The normalized spacial score (nSPS) is 24.5. The summed E-state index contributed by atoms with van der Waals surface area (Å²) >= 11 is 0. The molecule has 21 heavy (non-hydrogen) atoms. The van der Waals surface area contributed by atoms with E-state index in [1.165, 1.54) is 62.5 Å². The molecule has 3 rings (SSSR count). The van der Waals surface area contributed by atoms with Gasteiger partial charge in [0.25, 0.3) is 0 Å². The van der Waals surface area contributed by atoms with E-state index >= 15 is 0 Å². The number of phenolic OH excluding ortho intramolecular Hbond substituents is 1. The Morgan fingerprint density at radius 1 is 1.14 bits per heavy atom. The highest BCUT2D eigenvalue weighted by molar-refractivity contribution is 5.38. The van der Waals surface area contributed by atoms with E-state index in [4.69, 9.17) is 0 Å². The van der Waals surface area contributed by atoms with Crippen LogP contribution in [-0.2, 0) is 6.42 Å². The molecule has 1 aromatic rings. The van der Waals surface area contributed by atoms with Gasteiger partial charge in [0.2, 0.25) is 0 Å². The molecule has 0 amide bonds. The lowest BCUT2D eigenvalue weighted by Crippen LogP contribution is -2.40. The summed E-state index contributed by atoms with van der Waals surface area (Å²) in [5, 5.41) is 13.8. The van der Waals surface area contributed by atoms with Crippen LogP contribution < -0.4 is 5.32 Å². The molecule has 0 bridgehead atoms. The molecule has 0 aliphatic heterocycles. The molecule has 0 spiro atoms. The Labute approximate surface area is 129 Å². The van der Waals surface area contributed by atoms with Gasteiger partial charge in [-0.2, -0.15) is 0 Å². The van der Waals surface area contributed by atoms with Crippen molar-refractivity contribution in [2.75, 3.05) is 0 Å². The van der Waals surface area contributed by atoms with Crippen LogP contribution in [0.15, 0.2) is 18.2 Å². The number of hydrogen-bond donors (Lipinski definition) is 2. The zero-order chi connectivity index (χ0) is 14.7. The van der Waals surface area contributed by atoms with Crippen molar-refractivity contribution in [3.8, 4) is 5.75 Å². The Balaban J connectivity index is 1.73. The van der Waals surface area contributed by atoms with Crippen LogP contribution >= 0.6 is 0 Å². The molecule has 0 saturated heterocycles. The van der Waals surface area contributed by atoms with Gasteiger partial charge in [-0.1, -0.05) is 32.3 Å². The number of aryl methyl sites for hydroxylation is 1. The van der Waals surface area contributed by atoms with Crippen LogP contribution in [0.4, 0.5) is 0 Å². The monoisotopic (exact) mass is 287 g/mol. The molecule has 2 nitrogen and oxygen atoms in total. The lowest BCUT2D eigenvalue weighted by molar-refractivity contribution is 0.238. The summed E-state index contributed by atoms with van der Waals surface area (Å²) in [5.41, 5.74) is 2.77. The first kappa shape index (κ1) is 14.9. The fourth-order valence-corrected chi connectivity index (χ4v) is 4.34. The minimum atomic E-state index is 0.410. The Morgan fingerprint density at radius 3 is 2.71 bits per heavy atom. The fraction of sp³-hybridized carbons (Fsp3) is 0.684. The Morgan fingerprint density at radius 2 is 1.95 bits per heavy atom. The maximum Gasteiger partial charge on any atom is 0.115 e. The molecule has 2 aliphatic carbocycles. The van der Waals surface area contributed by atoms with Crippen LogP contribution in [0, 0.1) is 5.92 Å². The van der Waals surface area contributed by atoms with E-state index in [2.05, 4.69) is 18.3 Å². The first-order valence-corrected chi connectivity index (χ1v) is 8.85. The molecule has 116 valence electrons. The van der Waals surface area contributed by atoms with Gasteiger partial charge in [0.05, 0.1) is 0 Å². The largest absolute Gasteiger partial charge is 0.508 e. The number of fused-ring (bicyclic) bond motifs is 1. The van der Waals surface area contributed by atoms with Crippen molar-refractivity contribution in [3.63, 3.8) is 0 Å². The van der Waals surface area contributed by atoms with Crippen LogP contribution in [0.2, 0.25) is 0 Å². The Bertz CT molecular complexity index is 465. The number of phenols is 1. The zero-order valence-electron chi connectivity index (χ0n) is 13.3. The highest BCUT2D eigenvalue weighted by Crippen LogP contribution is 2.35. The summed E-state index contributed by atoms with van der Waals surface area (Å²) in [6.45, 7) is 2.32. The first-order chi connectivity index (χ1) is 10.3. The molecule has 1 fully saturated rings. The van der Waals surface area contributed by atoms with Gasteiger partial charge in [0, 0.05) is 12.1 Å². The average Bonchev–Trinajstić information content (AvgIpc) is 2.53. The number of aromatic hydroxyl groups is 1. The maximum absolute atomic E-state index is 9.82. The molecule has 1 aromatic carbocycles. The fourth-order valence-electron chi connectivity index (χ4n) is 4.34. The predicted molar refractivity (Wildman–Crippen MR) is 87.6 cm³/mol. The van der Waals surface area contributed by atoms with Crippen molar-refractivity contribution >= 4 is 0 Å². The van der Waals surface area contributed by atoms with Crippen LogP contribution in [0.1, 0.15) is 75.5 Å². The summed E-state index contributed by atoms with van der Waals surface area (Å²) < 4.78 is 0. The molecular formula is C19H29NO. The van der Waals surface area contributed by atoms with Gasteiger partial charge in [0.15, 0.2) is 0 Å². The van der Waals surface area contributed by atoms with Gasteiger partial charge in [-0.05, 0) is 67.7 Å². The predicted octanol–water partition coefficient (Wildman–Crippen LogP) is 4.72. The van der Waals surface area contributed by atoms with E-state index in [1.54, 1.807) is 0 Å². The molecule has 2 aliphatic rings.